The average Bonchev–Trinajstić information content (AvgIpc) is 3.40. The fourth-order valence-corrected chi connectivity index (χ4v) is 4.17. The number of fused-ring (bicyclic) bond motifs is 2. The summed E-state index contributed by atoms with van der Waals surface area (Å²) >= 11 is 0. The van der Waals surface area contributed by atoms with Crippen LogP contribution in [0.2, 0.25) is 0 Å². The minimum absolute atomic E-state index is 0.0270. The molecule has 0 spiro atoms. The van der Waals surface area contributed by atoms with Gasteiger partial charge in [0.05, 0.1) is 6.54 Å². The van der Waals surface area contributed by atoms with E-state index in [1.807, 2.05) is 53.6 Å². The maximum atomic E-state index is 13.1. The standard InChI is InChI=1S/C23H23N3O3/c27-22(25-9-1-2-10-25)18-4-6-21-19(14-18)15-26(11-12-29-21)23(28)17-3-5-20-16(13-17)7-8-24-20/h3-8,13-14,24H,1-2,9-12,15H2. The van der Waals surface area contributed by atoms with Crippen molar-refractivity contribution in [2.45, 2.75) is 19.4 Å². The van der Waals surface area contributed by atoms with E-state index in [0.29, 0.717) is 30.8 Å². The molecule has 5 rings (SSSR count). The van der Waals surface area contributed by atoms with Crippen molar-refractivity contribution in [1.82, 2.24) is 14.8 Å². The Balaban J connectivity index is 1.40. The first kappa shape index (κ1) is 17.8. The minimum Gasteiger partial charge on any atom is -0.491 e. The van der Waals surface area contributed by atoms with Crippen molar-refractivity contribution < 1.29 is 14.3 Å². The maximum absolute atomic E-state index is 13.1. The largest absolute Gasteiger partial charge is 0.491 e. The third-order valence-corrected chi connectivity index (χ3v) is 5.77. The van der Waals surface area contributed by atoms with Gasteiger partial charge in [-0.2, -0.15) is 0 Å². The Hall–Kier alpha value is -3.28. The summed E-state index contributed by atoms with van der Waals surface area (Å²) in [7, 11) is 0. The van der Waals surface area contributed by atoms with Crippen molar-refractivity contribution >= 4 is 22.7 Å². The molecule has 0 aliphatic carbocycles. The van der Waals surface area contributed by atoms with Gasteiger partial charge in [0.1, 0.15) is 12.4 Å². The van der Waals surface area contributed by atoms with Crippen molar-refractivity contribution in [3.8, 4) is 5.75 Å². The van der Waals surface area contributed by atoms with E-state index < -0.39 is 0 Å². The highest BCUT2D eigenvalue weighted by molar-refractivity contribution is 5.98. The molecule has 3 heterocycles. The molecule has 3 aromatic rings. The molecular weight excluding hydrogens is 366 g/mol. The SMILES string of the molecule is O=C(c1ccc2c(c1)CN(C(=O)c1ccc3[nH]ccc3c1)CCO2)N1CCCC1. The van der Waals surface area contributed by atoms with Crippen LogP contribution in [0.15, 0.2) is 48.7 Å². The zero-order chi connectivity index (χ0) is 19.8. The molecule has 0 radical (unpaired) electrons. The van der Waals surface area contributed by atoms with Gasteiger partial charge in [-0.15, -0.1) is 0 Å². The molecule has 6 nitrogen and oxygen atoms in total. The number of nitrogens with zero attached hydrogens (tertiary/aromatic N) is 2. The lowest BCUT2D eigenvalue weighted by Crippen LogP contribution is -2.32. The van der Waals surface area contributed by atoms with Crippen LogP contribution in [0.1, 0.15) is 39.1 Å². The molecule has 1 N–H and O–H groups in total. The fraction of sp³-hybridized carbons (Fsp3) is 0.304. The lowest BCUT2D eigenvalue weighted by atomic mass is 10.1. The first-order valence-electron chi connectivity index (χ1n) is 10.1. The number of aromatic nitrogens is 1. The Bertz CT molecular complexity index is 1080. The molecule has 1 fully saturated rings. The summed E-state index contributed by atoms with van der Waals surface area (Å²) < 4.78 is 5.86. The number of carbonyl (C=O) groups excluding carboxylic acids is 2. The average molecular weight is 389 g/mol. The number of nitrogens with one attached hydrogen (secondary N) is 1. The number of aromatic amines is 1. The van der Waals surface area contributed by atoms with Crippen LogP contribution < -0.4 is 4.74 Å². The van der Waals surface area contributed by atoms with Gasteiger partial charge < -0.3 is 19.5 Å². The smallest absolute Gasteiger partial charge is 0.254 e. The number of amides is 2. The van der Waals surface area contributed by atoms with Gasteiger partial charge in [0.2, 0.25) is 0 Å². The van der Waals surface area contributed by atoms with Crippen LogP contribution in [-0.2, 0) is 6.54 Å². The maximum Gasteiger partial charge on any atom is 0.254 e. The van der Waals surface area contributed by atoms with E-state index in [0.717, 1.165) is 48.1 Å². The first-order valence-corrected chi connectivity index (χ1v) is 10.1. The second-order valence-corrected chi connectivity index (χ2v) is 7.68. The summed E-state index contributed by atoms with van der Waals surface area (Å²) in [5, 5.41) is 1.01. The highest BCUT2D eigenvalue weighted by Gasteiger charge is 2.24. The second kappa shape index (κ2) is 7.28. The predicted octanol–water partition coefficient (Wildman–Crippen LogP) is 3.44. The van der Waals surface area contributed by atoms with Gasteiger partial charge in [-0.05, 0) is 55.3 Å². The first-order chi connectivity index (χ1) is 14.2. The normalized spacial score (nSPS) is 16.4. The Morgan fingerprint density at radius 2 is 1.62 bits per heavy atom. The Labute approximate surface area is 169 Å². The molecule has 2 aromatic carbocycles. The van der Waals surface area contributed by atoms with Crippen LogP contribution in [0, 0.1) is 0 Å². The van der Waals surface area contributed by atoms with Crippen LogP contribution in [0.3, 0.4) is 0 Å². The number of carbonyl (C=O) groups is 2. The van der Waals surface area contributed by atoms with Gasteiger partial charge in [0.25, 0.3) is 11.8 Å². The monoisotopic (exact) mass is 389 g/mol. The van der Waals surface area contributed by atoms with Crippen LogP contribution in [0.4, 0.5) is 0 Å². The van der Waals surface area contributed by atoms with Crippen molar-refractivity contribution in [3.63, 3.8) is 0 Å². The van der Waals surface area contributed by atoms with Crippen LogP contribution in [0.25, 0.3) is 10.9 Å². The highest BCUT2D eigenvalue weighted by Crippen LogP contribution is 2.27. The molecule has 0 saturated carbocycles. The molecule has 2 aliphatic heterocycles. The zero-order valence-electron chi connectivity index (χ0n) is 16.2. The number of hydrogen-bond acceptors (Lipinski definition) is 3. The third kappa shape index (κ3) is 3.35. The van der Waals surface area contributed by atoms with Gasteiger partial charge in [-0.1, -0.05) is 0 Å². The van der Waals surface area contributed by atoms with E-state index in [4.69, 9.17) is 4.74 Å². The Morgan fingerprint density at radius 1 is 0.862 bits per heavy atom. The zero-order valence-corrected chi connectivity index (χ0v) is 16.2. The van der Waals surface area contributed by atoms with Crippen molar-refractivity contribution in [2.75, 3.05) is 26.2 Å². The van der Waals surface area contributed by atoms with Gasteiger partial charge in [0.15, 0.2) is 0 Å². The predicted molar refractivity (Wildman–Crippen MR) is 110 cm³/mol. The fourth-order valence-electron chi connectivity index (χ4n) is 4.17. The molecule has 29 heavy (non-hydrogen) atoms. The molecule has 2 amide bonds. The number of benzene rings is 2. The summed E-state index contributed by atoms with van der Waals surface area (Å²) in [5.74, 6) is 0.783. The second-order valence-electron chi connectivity index (χ2n) is 7.68. The van der Waals surface area contributed by atoms with Crippen molar-refractivity contribution in [3.05, 3.63) is 65.4 Å². The quantitative estimate of drug-likeness (QED) is 0.730. The lowest BCUT2D eigenvalue weighted by Gasteiger charge is -2.20. The van der Waals surface area contributed by atoms with Crippen molar-refractivity contribution in [2.24, 2.45) is 0 Å². The molecule has 1 saturated heterocycles. The molecule has 0 bridgehead atoms. The number of H-pyrrole nitrogens is 1. The Kier molecular flexibility index (Phi) is 4.46. The minimum atomic E-state index is -0.0270. The van der Waals surface area contributed by atoms with E-state index in [9.17, 15) is 9.59 Å². The molecule has 148 valence electrons. The van der Waals surface area contributed by atoms with Crippen LogP contribution >= 0.6 is 0 Å². The number of likely N-dealkylation sites (tertiary alicyclic amines) is 1. The third-order valence-electron chi connectivity index (χ3n) is 5.77. The molecular formula is C23H23N3O3. The van der Waals surface area contributed by atoms with Gasteiger partial charge >= 0.3 is 0 Å². The van der Waals surface area contributed by atoms with E-state index in [1.165, 1.54) is 0 Å². The highest BCUT2D eigenvalue weighted by atomic mass is 16.5. The summed E-state index contributed by atoms with van der Waals surface area (Å²) in [6.07, 6.45) is 4.00. The number of hydrogen-bond donors (Lipinski definition) is 1. The summed E-state index contributed by atoms with van der Waals surface area (Å²) in [5.41, 5.74) is 3.21. The van der Waals surface area contributed by atoms with Gasteiger partial charge in [0, 0.05) is 53.4 Å². The van der Waals surface area contributed by atoms with Crippen LogP contribution in [0.5, 0.6) is 5.75 Å². The summed E-state index contributed by atoms with van der Waals surface area (Å²) in [4.78, 5) is 32.7. The van der Waals surface area contributed by atoms with E-state index in [-0.39, 0.29) is 11.8 Å². The number of rotatable bonds is 2. The van der Waals surface area contributed by atoms with Gasteiger partial charge in [-0.25, -0.2) is 0 Å². The summed E-state index contributed by atoms with van der Waals surface area (Å²) in [6.45, 7) is 3.01. The van der Waals surface area contributed by atoms with E-state index in [2.05, 4.69) is 4.98 Å². The van der Waals surface area contributed by atoms with E-state index >= 15 is 0 Å². The molecule has 1 aromatic heterocycles. The Morgan fingerprint density at radius 3 is 2.48 bits per heavy atom. The molecule has 6 heteroatoms. The van der Waals surface area contributed by atoms with E-state index in [1.54, 1.807) is 4.90 Å². The topological polar surface area (TPSA) is 65.6 Å². The molecule has 0 unspecified atom stereocenters. The molecule has 0 atom stereocenters. The van der Waals surface area contributed by atoms with Gasteiger partial charge in [-0.3, -0.25) is 9.59 Å². The van der Waals surface area contributed by atoms with Crippen LogP contribution in [-0.4, -0.2) is 52.8 Å². The lowest BCUT2D eigenvalue weighted by molar-refractivity contribution is 0.0733. The molecule has 2 aliphatic rings. The van der Waals surface area contributed by atoms with Crippen molar-refractivity contribution in [1.29, 1.82) is 0 Å². The number of ether oxygens (including phenoxy) is 1. The summed E-state index contributed by atoms with van der Waals surface area (Å²) in [6, 6.07) is 13.2.